The van der Waals surface area contributed by atoms with E-state index < -0.39 is 89.9 Å². The van der Waals surface area contributed by atoms with Crippen LogP contribution in [-0.4, -0.2) is 175 Å². The lowest BCUT2D eigenvalue weighted by Gasteiger charge is -2.30. The summed E-state index contributed by atoms with van der Waals surface area (Å²) < 4.78 is 0. The van der Waals surface area contributed by atoms with Crippen molar-refractivity contribution in [2.45, 2.75) is 95.5 Å². The third-order valence-corrected chi connectivity index (χ3v) is 14.1. The molecule has 0 aromatic carbocycles. The maximum atomic E-state index is 14.2. The largest absolute Gasteiger partial charge is 1.00 e. The molecule has 0 radical (unpaired) electrons. The number of carbonyl (C=O) groups excluding carboxylic acids is 7. The molecule has 0 saturated heterocycles. The van der Waals surface area contributed by atoms with Gasteiger partial charge in [-0.05, 0) is 31.7 Å². The monoisotopic (exact) mass is 1110 g/mol. The summed E-state index contributed by atoms with van der Waals surface area (Å²) in [6.07, 6.45) is 2.81. The zero-order valence-electron chi connectivity index (χ0n) is 42.2. The molecule has 16 N–H and O–H groups in total. The van der Waals surface area contributed by atoms with E-state index >= 15 is 0 Å². The maximum Gasteiger partial charge on any atom is 0.271 e. The SMILES string of the molecule is Cc1c(C(=O)N[C@H](C(=O)N[C@H](C)[C@@H](O)[C@H](C)C(=O)N[C@H](C(=O)NCCc2nc(-c3nc(C(=O)NCCC[S+](C)C)cs3)cs2)[C@@H](C)O)[C@@H](O)c2cnc[nH]2)nc([C@@H](CC(N)=O)NC[C@H](N)C(N)=O)nc1N(C)C.[Cl-]. The van der Waals surface area contributed by atoms with E-state index in [1.807, 2.05) is 0 Å². The Labute approximate surface area is 444 Å². The number of anilines is 1. The Morgan fingerprint density at radius 3 is 2.16 bits per heavy atom. The first-order valence-electron chi connectivity index (χ1n) is 23.0. The van der Waals surface area contributed by atoms with Crippen molar-refractivity contribution in [3.63, 3.8) is 0 Å². The minimum atomic E-state index is -1.79. The van der Waals surface area contributed by atoms with Gasteiger partial charge in [0.25, 0.3) is 11.8 Å². The van der Waals surface area contributed by atoms with E-state index in [4.69, 9.17) is 17.2 Å². The van der Waals surface area contributed by atoms with Crippen LogP contribution in [0, 0.1) is 12.8 Å². The number of nitrogens with zero attached hydrogens (tertiary/aromatic N) is 6. The van der Waals surface area contributed by atoms with Gasteiger partial charge < -0.3 is 86.7 Å². The molecule has 4 rings (SSSR count). The van der Waals surface area contributed by atoms with Gasteiger partial charge in [0.15, 0.2) is 0 Å². The summed E-state index contributed by atoms with van der Waals surface area (Å²) in [7, 11) is 3.56. The zero-order valence-corrected chi connectivity index (χ0v) is 45.4. The highest BCUT2D eigenvalue weighted by molar-refractivity contribution is 7.95. The second-order valence-corrected chi connectivity index (χ2v) is 21.8. The minimum Gasteiger partial charge on any atom is -1.00 e. The van der Waals surface area contributed by atoms with Crippen molar-refractivity contribution in [1.29, 1.82) is 0 Å². The third kappa shape index (κ3) is 17.9. The number of aromatic nitrogens is 6. The molecule has 9 atom stereocenters. The molecule has 0 aliphatic heterocycles. The number of aliphatic hydroxyl groups excluding tert-OH is 3. The summed E-state index contributed by atoms with van der Waals surface area (Å²) in [6.45, 7) is 5.99. The van der Waals surface area contributed by atoms with E-state index in [1.165, 1.54) is 62.9 Å². The lowest BCUT2D eigenvalue weighted by atomic mass is 9.96. The molecule has 4 aromatic rings. The van der Waals surface area contributed by atoms with E-state index in [1.54, 1.807) is 29.8 Å². The number of aromatic amines is 1. The van der Waals surface area contributed by atoms with Crippen molar-refractivity contribution < 1.29 is 61.3 Å². The number of carbonyl (C=O) groups is 7. The fourth-order valence-corrected chi connectivity index (χ4v) is 9.36. The van der Waals surface area contributed by atoms with E-state index in [0.29, 0.717) is 45.3 Å². The Morgan fingerprint density at radius 2 is 1.55 bits per heavy atom. The number of amides is 7. The van der Waals surface area contributed by atoms with Crippen molar-refractivity contribution in [2.24, 2.45) is 23.1 Å². The van der Waals surface area contributed by atoms with E-state index in [-0.39, 0.29) is 66.4 Å². The van der Waals surface area contributed by atoms with Crippen LogP contribution in [0.15, 0.2) is 23.3 Å². The number of hydrogen-bond acceptors (Lipinski definition) is 20. The van der Waals surface area contributed by atoms with Crippen LogP contribution in [0.5, 0.6) is 0 Å². The Morgan fingerprint density at radius 1 is 0.851 bits per heavy atom. The molecule has 0 fully saturated rings. The Hall–Kier alpha value is -5.92. The van der Waals surface area contributed by atoms with Gasteiger partial charge in [-0.25, -0.2) is 24.9 Å². The quantitative estimate of drug-likeness (QED) is 0.0178. The van der Waals surface area contributed by atoms with Gasteiger partial charge in [0.1, 0.15) is 57.7 Å². The van der Waals surface area contributed by atoms with Crippen LogP contribution < -0.4 is 66.4 Å². The fourth-order valence-electron chi connectivity index (χ4n) is 7.02. The molecule has 74 heavy (non-hydrogen) atoms. The van der Waals surface area contributed by atoms with Gasteiger partial charge in [0, 0.05) is 69.3 Å². The van der Waals surface area contributed by atoms with E-state index in [9.17, 15) is 48.9 Å². The summed E-state index contributed by atoms with van der Waals surface area (Å²) in [6, 6.07) is -6.68. The molecule has 30 heteroatoms. The van der Waals surface area contributed by atoms with E-state index in [2.05, 4.69) is 74.3 Å². The number of imidazole rings is 1. The number of rotatable bonds is 29. The van der Waals surface area contributed by atoms with Gasteiger partial charge in [-0.3, -0.25) is 33.6 Å². The highest BCUT2D eigenvalue weighted by atomic mass is 35.5. The van der Waals surface area contributed by atoms with Crippen molar-refractivity contribution in [1.82, 2.24) is 61.8 Å². The van der Waals surface area contributed by atoms with Crippen LogP contribution in [-0.2, 0) is 41.3 Å². The van der Waals surface area contributed by atoms with Crippen LogP contribution in [0.3, 0.4) is 0 Å². The maximum absolute atomic E-state index is 14.2. The first-order valence-corrected chi connectivity index (χ1v) is 26.9. The van der Waals surface area contributed by atoms with Crippen LogP contribution in [0.4, 0.5) is 5.82 Å². The Kier molecular flexibility index (Phi) is 24.7. The third-order valence-electron chi connectivity index (χ3n) is 11.2. The molecular weight excluding hydrogens is 1040 g/mol. The van der Waals surface area contributed by atoms with Gasteiger partial charge in [0.2, 0.25) is 29.5 Å². The predicted octanol–water partition coefficient (Wildman–Crippen LogP) is -5.97. The molecular formula is C44H67ClN16O10S3. The van der Waals surface area contributed by atoms with Crippen LogP contribution in [0.25, 0.3) is 10.7 Å². The molecule has 7 amide bonds. The highest BCUT2D eigenvalue weighted by Crippen LogP contribution is 2.27. The Balaban J connectivity index is 0.0000144. The molecule has 408 valence electrons. The molecule has 0 spiro atoms. The smallest absolute Gasteiger partial charge is 0.271 e. The van der Waals surface area contributed by atoms with Crippen LogP contribution in [0.1, 0.15) is 88.8 Å². The zero-order chi connectivity index (χ0) is 54.3. The number of aliphatic hydroxyl groups is 3. The van der Waals surface area contributed by atoms with Crippen molar-refractivity contribution in [3.8, 4) is 10.7 Å². The normalized spacial score (nSPS) is 14.9. The van der Waals surface area contributed by atoms with Gasteiger partial charge in [-0.2, -0.15) is 0 Å². The van der Waals surface area contributed by atoms with Crippen molar-refractivity contribution in [2.75, 3.05) is 56.9 Å². The van der Waals surface area contributed by atoms with Crippen LogP contribution in [0.2, 0.25) is 0 Å². The number of halogens is 1. The molecule has 0 bridgehead atoms. The standard InChI is InChI=1S/C44H66N16O10S3.ClH/c1-20-31(56-37(59-38(20)60(5)6)25(14-29(46)62)51-15-24(45)36(47)65)42(69)58-33(35(64)26-16-48-19-52-26)43(70)53-22(3)34(63)21(2)39(66)57-32(23(4)61)41(68)50-12-10-30-54-28(18-71-30)44-55-27(17-72-44)40(67)49-11-9-13-73(7)8;/h16-19,21-25,32-35,51,61,63-64H,9-15,45H2,1-8H3,(H9-,46,47,48,49,50,52,53,57,58,62,65,66,67,68,69,70);1H/t21-,22+,23+,24-,25+,32-,33-,34-,35-;/m0./s1. The average molecular weight is 1110 g/mol. The number of nitrogens with one attached hydrogen (secondary N) is 7. The van der Waals surface area contributed by atoms with Gasteiger partial charge in [-0.1, -0.05) is 6.92 Å². The molecule has 0 saturated carbocycles. The summed E-state index contributed by atoms with van der Waals surface area (Å²) in [5.74, 6) is -5.56. The number of H-pyrrole nitrogens is 1. The second kappa shape index (κ2) is 29.2. The van der Waals surface area contributed by atoms with Crippen molar-refractivity contribution >= 4 is 80.7 Å². The number of primary amides is 2. The predicted molar refractivity (Wildman–Crippen MR) is 275 cm³/mol. The fraction of sp³-hybridized carbons (Fsp3) is 0.545. The lowest BCUT2D eigenvalue weighted by Crippen LogP contribution is -3.00. The average Bonchev–Trinajstić information content (AvgIpc) is 4.15. The first kappa shape index (κ1) is 62.4. The summed E-state index contributed by atoms with van der Waals surface area (Å²) in [5, 5.41) is 54.0. The molecule has 4 aromatic heterocycles. The molecule has 0 aliphatic rings. The number of nitrogens with two attached hydrogens (primary N) is 3. The van der Waals surface area contributed by atoms with Gasteiger partial charge in [-0.15, -0.1) is 22.7 Å². The topological polar surface area (TPSA) is 414 Å². The highest BCUT2D eigenvalue weighted by Gasteiger charge is 2.37. The number of thiazole rings is 2. The van der Waals surface area contributed by atoms with Crippen LogP contribution >= 0.6 is 22.7 Å². The molecule has 0 unspecified atom stereocenters. The number of hydrogen-bond donors (Lipinski definition) is 13. The van der Waals surface area contributed by atoms with Gasteiger partial charge in [0.05, 0.1) is 72.0 Å². The van der Waals surface area contributed by atoms with E-state index in [0.717, 1.165) is 12.2 Å². The molecule has 0 aliphatic carbocycles. The molecule has 4 heterocycles. The lowest BCUT2D eigenvalue weighted by molar-refractivity contribution is -0.136. The Bertz CT molecular complexity index is 2530. The van der Waals surface area contributed by atoms with Gasteiger partial charge >= 0.3 is 0 Å². The van der Waals surface area contributed by atoms with Crippen molar-refractivity contribution in [3.05, 3.63) is 56.8 Å². The molecule has 26 nitrogen and oxygen atoms in total. The summed E-state index contributed by atoms with van der Waals surface area (Å²) >= 11 is 2.62. The summed E-state index contributed by atoms with van der Waals surface area (Å²) in [5.41, 5.74) is 17.5. The first-order chi connectivity index (χ1) is 34.4. The minimum absolute atomic E-state index is 0. The second-order valence-electron chi connectivity index (χ2n) is 17.6. The summed E-state index contributed by atoms with van der Waals surface area (Å²) in [4.78, 5) is 117.